The molecule has 3 heteroatoms. The van der Waals surface area contributed by atoms with Crippen molar-refractivity contribution in [1.29, 1.82) is 0 Å². The number of nitrogens with one attached hydrogen (secondary N) is 1. The zero-order valence-corrected chi connectivity index (χ0v) is 12.2. The van der Waals surface area contributed by atoms with E-state index in [-0.39, 0.29) is 0 Å². The average Bonchev–Trinajstić information content (AvgIpc) is 2.95. The van der Waals surface area contributed by atoms with Crippen molar-refractivity contribution in [3.8, 4) is 0 Å². The van der Waals surface area contributed by atoms with Gasteiger partial charge in [0.2, 0.25) is 0 Å². The summed E-state index contributed by atoms with van der Waals surface area (Å²) in [5.41, 5.74) is 2.22. The van der Waals surface area contributed by atoms with Crippen molar-refractivity contribution >= 4 is 10.9 Å². The minimum atomic E-state index is 0.801. The van der Waals surface area contributed by atoms with Gasteiger partial charge in [-0.15, -0.1) is 0 Å². The molecule has 1 N–H and O–H groups in total. The van der Waals surface area contributed by atoms with E-state index in [9.17, 15) is 0 Å². The molecule has 1 aromatic heterocycles. The van der Waals surface area contributed by atoms with E-state index in [1.54, 1.807) is 0 Å². The molecule has 1 aliphatic heterocycles. The van der Waals surface area contributed by atoms with Gasteiger partial charge >= 0.3 is 0 Å². The lowest BCUT2D eigenvalue weighted by Gasteiger charge is -2.13. The highest BCUT2D eigenvalue weighted by Crippen LogP contribution is 2.15. The Labute approximate surface area is 121 Å². The Bertz CT molecular complexity index is 567. The van der Waals surface area contributed by atoms with Gasteiger partial charge in [-0.1, -0.05) is 31.2 Å². The summed E-state index contributed by atoms with van der Waals surface area (Å²) in [6.45, 7) is 7.90. The van der Waals surface area contributed by atoms with Crippen LogP contribution < -0.4 is 5.32 Å². The predicted molar refractivity (Wildman–Crippen MR) is 83.7 cm³/mol. The summed E-state index contributed by atoms with van der Waals surface area (Å²) in [6.07, 6.45) is 1.33. The predicted octanol–water partition coefficient (Wildman–Crippen LogP) is 2.67. The number of hydrogen-bond acceptors (Lipinski definition) is 3. The molecule has 1 fully saturated rings. The number of nitrogens with zero attached hydrogens (tertiary/aromatic N) is 2. The third-order valence-corrected chi connectivity index (χ3v) is 4.21. The van der Waals surface area contributed by atoms with Gasteiger partial charge in [-0.2, -0.15) is 0 Å². The molecule has 2 heterocycles. The van der Waals surface area contributed by atoms with Gasteiger partial charge < -0.3 is 10.2 Å². The third kappa shape index (κ3) is 3.17. The molecule has 3 rings (SSSR count). The van der Waals surface area contributed by atoms with Crippen LogP contribution in [0.25, 0.3) is 10.9 Å². The van der Waals surface area contributed by atoms with E-state index in [1.165, 1.54) is 31.4 Å². The number of benzene rings is 1. The highest BCUT2D eigenvalue weighted by atomic mass is 15.1. The molecule has 1 saturated heterocycles. The van der Waals surface area contributed by atoms with Crippen molar-refractivity contribution < 1.29 is 0 Å². The molecule has 0 radical (unpaired) electrons. The topological polar surface area (TPSA) is 28.2 Å². The van der Waals surface area contributed by atoms with Crippen LogP contribution in [-0.2, 0) is 6.54 Å². The Morgan fingerprint density at radius 2 is 2.15 bits per heavy atom. The lowest BCUT2D eigenvalue weighted by Crippen LogP contribution is -2.26. The number of pyridine rings is 1. The highest BCUT2D eigenvalue weighted by molar-refractivity contribution is 5.78. The normalized spacial score (nSPS) is 19.8. The molecule has 1 unspecified atom stereocenters. The van der Waals surface area contributed by atoms with Crippen LogP contribution in [0.3, 0.4) is 0 Å². The molecule has 1 aliphatic rings. The monoisotopic (exact) mass is 269 g/mol. The molecular weight excluding hydrogens is 246 g/mol. The van der Waals surface area contributed by atoms with Crippen LogP contribution in [0.15, 0.2) is 36.4 Å². The largest absolute Gasteiger partial charge is 0.311 e. The number of aromatic nitrogens is 1. The number of para-hydroxylation sites is 1. The first-order valence-electron chi connectivity index (χ1n) is 7.63. The lowest BCUT2D eigenvalue weighted by molar-refractivity contribution is 0.338. The quantitative estimate of drug-likeness (QED) is 0.904. The van der Waals surface area contributed by atoms with Gasteiger partial charge in [0.15, 0.2) is 0 Å². The number of rotatable bonds is 5. The van der Waals surface area contributed by atoms with Gasteiger partial charge in [0.25, 0.3) is 0 Å². The van der Waals surface area contributed by atoms with E-state index < -0.39 is 0 Å². The molecular formula is C17H23N3. The van der Waals surface area contributed by atoms with Gasteiger partial charge in [0.05, 0.1) is 11.2 Å². The molecule has 0 bridgehead atoms. The van der Waals surface area contributed by atoms with Crippen molar-refractivity contribution in [2.45, 2.75) is 19.9 Å². The molecule has 106 valence electrons. The van der Waals surface area contributed by atoms with E-state index >= 15 is 0 Å². The molecule has 3 nitrogen and oxygen atoms in total. The summed E-state index contributed by atoms with van der Waals surface area (Å²) in [7, 11) is 0. The van der Waals surface area contributed by atoms with E-state index in [4.69, 9.17) is 4.98 Å². The second kappa shape index (κ2) is 6.33. The summed E-state index contributed by atoms with van der Waals surface area (Å²) in [6, 6.07) is 12.6. The molecule has 0 aliphatic carbocycles. The Morgan fingerprint density at radius 3 is 3.00 bits per heavy atom. The van der Waals surface area contributed by atoms with Gasteiger partial charge in [0.1, 0.15) is 0 Å². The van der Waals surface area contributed by atoms with Crippen LogP contribution >= 0.6 is 0 Å². The van der Waals surface area contributed by atoms with Crippen LogP contribution in [0.4, 0.5) is 0 Å². The Hall–Kier alpha value is -1.45. The zero-order valence-electron chi connectivity index (χ0n) is 12.2. The first-order chi connectivity index (χ1) is 9.85. The second-order valence-corrected chi connectivity index (χ2v) is 5.67. The molecule has 0 spiro atoms. The Kier molecular flexibility index (Phi) is 4.28. The van der Waals surface area contributed by atoms with E-state index in [0.29, 0.717) is 0 Å². The Balaban J connectivity index is 1.52. The number of likely N-dealkylation sites (tertiary alicyclic amines) is 1. The summed E-state index contributed by atoms with van der Waals surface area (Å²) in [4.78, 5) is 7.23. The third-order valence-electron chi connectivity index (χ3n) is 4.21. The fourth-order valence-electron chi connectivity index (χ4n) is 2.98. The SMILES string of the molecule is CCN1CCC(CNCc2ccc3ccccc3n2)C1. The Morgan fingerprint density at radius 1 is 1.25 bits per heavy atom. The lowest BCUT2D eigenvalue weighted by atomic mass is 10.1. The average molecular weight is 269 g/mol. The van der Waals surface area contributed by atoms with Gasteiger partial charge in [-0.25, -0.2) is 0 Å². The summed E-state index contributed by atoms with van der Waals surface area (Å²) >= 11 is 0. The molecule has 2 aromatic rings. The maximum Gasteiger partial charge on any atom is 0.0705 e. The van der Waals surface area contributed by atoms with Crippen molar-refractivity contribution in [3.63, 3.8) is 0 Å². The van der Waals surface area contributed by atoms with Crippen molar-refractivity contribution in [2.24, 2.45) is 5.92 Å². The number of hydrogen-bond donors (Lipinski definition) is 1. The van der Waals surface area contributed by atoms with Gasteiger partial charge in [0, 0.05) is 18.5 Å². The molecule has 1 atom stereocenters. The second-order valence-electron chi connectivity index (χ2n) is 5.67. The minimum absolute atomic E-state index is 0.801. The van der Waals surface area contributed by atoms with Gasteiger partial charge in [-0.3, -0.25) is 4.98 Å². The van der Waals surface area contributed by atoms with Crippen LogP contribution in [0, 0.1) is 5.92 Å². The first-order valence-corrected chi connectivity index (χ1v) is 7.63. The zero-order chi connectivity index (χ0) is 13.8. The van der Waals surface area contributed by atoms with E-state index in [2.05, 4.69) is 47.5 Å². The fraction of sp³-hybridized carbons (Fsp3) is 0.471. The molecule has 0 saturated carbocycles. The summed E-state index contributed by atoms with van der Waals surface area (Å²) in [5.74, 6) is 0.801. The van der Waals surface area contributed by atoms with E-state index in [0.717, 1.165) is 30.2 Å². The maximum absolute atomic E-state index is 4.70. The molecule has 0 amide bonds. The van der Waals surface area contributed by atoms with Crippen LogP contribution in [0.1, 0.15) is 19.0 Å². The summed E-state index contributed by atoms with van der Waals surface area (Å²) < 4.78 is 0. The van der Waals surface area contributed by atoms with Gasteiger partial charge in [-0.05, 0) is 44.1 Å². The van der Waals surface area contributed by atoms with Crippen molar-refractivity contribution in [3.05, 3.63) is 42.1 Å². The highest BCUT2D eigenvalue weighted by Gasteiger charge is 2.20. The smallest absolute Gasteiger partial charge is 0.0705 e. The maximum atomic E-state index is 4.70. The first kappa shape index (κ1) is 13.5. The summed E-state index contributed by atoms with van der Waals surface area (Å²) in [5, 5.41) is 4.78. The number of fused-ring (bicyclic) bond motifs is 1. The fourth-order valence-corrected chi connectivity index (χ4v) is 2.98. The van der Waals surface area contributed by atoms with Crippen molar-refractivity contribution in [1.82, 2.24) is 15.2 Å². The minimum Gasteiger partial charge on any atom is -0.311 e. The van der Waals surface area contributed by atoms with Crippen molar-refractivity contribution in [2.75, 3.05) is 26.2 Å². The van der Waals surface area contributed by atoms with E-state index in [1.807, 2.05) is 6.07 Å². The molecule has 20 heavy (non-hydrogen) atoms. The standard InChI is InChI=1S/C17H23N3/c1-2-20-10-9-14(13-20)11-18-12-16-8-7-15-5-3-4-6-17(15)19-16/h3-8,14,18H,2,9-13H2,1H3. The molecule has 1 aromatic carbocycles. The van der Waals surface area contributed by atoms with Crippen LogP contribution in [-0.4, -0.2) is 36.1 Å². The van der Waals surface area contributed by atoms with Crippen LogP contribution in [0.5, 0.6) is 0 Å². The van der Waals surface area contributed by atoms with Crippen LogP contribution in [0.2, 0.25) is 0 Å².